The standard InChI is InChI=1S/C16H19Cl2N3O2/c1-10-9-19-5-7-20(10)15(22)12-4-6-21(16(12)23)11-2-3-13(17)14(18)8-11/h2-3,8,10,12,19H,4-7,9H2,1H3. The van der Waals surface area contributed by atoms with E-state index in [0.717, 1.165) is 13.1 Å². The van der Waals surface area contributed by atoms with Crippen LogP contribution >= 0.6 is 23.2 Å². The summed E-state index contributed by atoms with van der Waals surface area (Å²) in [6.45, 7) is 4.71. The molecule has 2 aliphatic heterocycles. The van der Waals surface area contributed by atoms with Gasteiger partial charge in [-0.2, -0.15) is 0 Å². The molecule has 1 aromatic carbocycles. The molecule has 2 aliphatic rings. The molecule has 2 fully saturated rings. The monoisotopic (exact) mass is 355 g/mol. The average molecular weight is 356 g/mol. The molecule has 2 saturated heterocycles. The molecule has 0 saturated carbocycles. The number of hydrogen-bond donors (Lipinski definition) is 1. The number of carbonyl (C=O) groups is 2. The van der Waals surface area contributed by atoms with Crippen LogP contribution in [0.3, 0.4) is 0 Å². The number of halogens is 2. The van der Waals surface area contributed by atoms with E-state index in [9.17, 15) is 9.59 Å². The van der Waals surface area contributed by atoms with Gasteiger partial charge in [0, 0.05) is 37.9 Å². The first-order valence-corrected chi connectivity index (χ1v) is 8.52. The number of amides is 2. The van der Waals surface area contributed by atoms with Gasteiger partial charge in [0.15, 0.2) is 0 Å². The predicted molar refractivity (Wildman–Crippen MR) is 91.0 cm³/mol. The number of nitrogens with one attached hydrogen (secondary N) is 1. The van der Waals surface area contributed by atoms with Crippen molar-refractivity contribution in [2.24, 2.45) is 5.92 Å². The van der Waals surface area contributed by atoms with E-state index in [2.05, 4.69) is 5.32 Å². The second-order valence-electron chi connectivity index (χ2n) is 6.01. The fraction of sp³-hybridized carbons (Fsp3) is 0.500. The Labute approximate surface area is 145 Å². The number of carbonyl (C=O) groups excluding carboxylic acids is 2. The Morgan fingerprint density at radius 2 is 2.04 bits per heavy atom. The molecule has 0 bridgehead atoms. The Kier molecular flexibility index (Phi) is 4.80. The molecule has 7 heteroatoms. The molecule has 3 rings (SSSR count). The van der Waals surface area contributed by atoms with Crippen LogP contribution in [0.2, 0.25) is 10.0 Å². The number of nitrogens with zero attached hydrogens (tertiary/aromatic N) is 2. The first-order chi connectivity index (χ1) is 11.0. The van der Waals surface area contributed by atoms with Gasteiger partial charge in [-0.15, -0.1) is 0 Å². The summed E-state index contributed by atoms with van der Waals surface area (Å²) in [5.41, 5.74) is 0.688. The predicted octanol–water partition coefficient (Wildman–Crippen LogP) is 2.17. The molecule has 0 radical (unpaired) electrons. The smallest absolute Gasteiger partial charge is 0.239 e. The molecular weight excluding hydrogens is 337 g/mol. The van der Waals surface area contributed by atoms with Crippen LogP contribution in [-0.2, 0) is 9.59 Å². The molecule has 0 aromatic heterocycles. The van der Waals surface area contributed by atoms with Crippen LogP contribution in [0.5, 0.6) is 0 Å². The van der Waals surface area contributed by atoms with Crippen molar-refractivity contribution in [2.75, 3.05) is 31.1 Å². The van der Waals surface area contributed by atoms with Gasteiger partial charge in [0.25, 0.3) is 0 Å². The van der Waals surface area contributed by atoms with Crippen LogP contribution in [0.15, 0.2) is 18.2 Å². The van der Waals surface area contributed by atoms with Crippen LogP contribution in [-0.4, -0.2) is 48.9 Å². The van der Waals surface area contributed by atoms with E-state index in [0.29, 0.717) is 35.2 Å². The molecule has 1 aromatic rings. The topological polar surface area (TPSA) is 52.7 Å². The lowest BCUT2D eigenvalue weighted by Crippen LogP contribution is -2.54. The van der Waals surface area contributed by atoms with Gasteiger partial charge in [0.2, 0.25) is 11.8 Å². The average Bonchev–Trinajstić information content (AvgIpc) is 2.91. The SMILES string of the molecule is CC1CNCCN1C(=O)C1CCN(c2ccc(Cl)c(Cl)c2)C1=O. The van der Waals surface area contributed by atoms with E-state index in [-0.39, 0.29) is 17.9 Å². The third-order valence-electron chi connectivity index (χ3n) is 4.50. The maximum absolute atomic E-state index is 12.7. The summed E-state index contributed by atoms with van der Waals surface area (Å²) in [6.07, 6.45) is 0.536. The third-order valence-corrected chi connectivity index (χ3v) is 5.24. The molecule has 0 spiro atoms. The normalized spacial score (nSPS) is 25.1. The summed E-state index contributed by atoms with van der Waals surface area (Å²) in [4.78, 5) is 28.8. The zero-order valence-corrected chi connectivity index (χ0v) is 14.4. The van der Waals surface area contributed by atoms with Crippen molar-refractivity contribution in [1.82, 2.24) is 10.2 Å². The first-order valence-electron chi connectivity index (χ1n) is 7.76. The van der Waals surface area contributed by atoms with E-state index in [1.165, 1.54) is 0 Å². The lowest BCUT2D eigenvalue weighted by molar-refractivity contribution is -0.142. The van der Waals surface area contributed by atoms with Gasteiger partial charge in [0.05, 0.1) is 10.0 Å². The summed E-state index contributed by atoms with van der Waals surface area (Å²) in [5.74, 6) is -0.810. The minimum Gasteiger partial charge on any atom is -0.337 e. The summed E-state index contributed by atoms with van der Waals surface area (Å²) in [5, 5.41) is 4.10. The molecule has 5 nitrogen and oxygen atoms in total. The first kappa shape index (κ1) is 16.6. The van der Waals surface area contributed by atoms with Crippen molar-refractivity contribution < 1.29 is 9.59 Å². The van der Waals surface area contributed by atoms with Gasteiger partial charge < -0.3 is 15.1 Å². The van der Waals surface area contributed by atoms with Gasteiger partial charge in [-0.25, -0.2) is 0 Å². The van der Waals surface area contributed by atoms with Crippen molar-refractivity contribution in [3.63, 3.8) is 0 Å². The molecule has 124 valence electrons. The Hall–Kier alpha value is -1.30. The number of rotatable bonds is 2. The molecule has 2 atom stereocenters. The quantitative estimate of drug-likeness (QED) is 0.827. The summed E-state index contributed by atoms with van der Waals surface area (Å²) < 4.78 is 0. The highest BCUT2D eigenvalue weighted by molar-refractivity contribution is 6.42. The van der Waals surface area contributed by atoms with Crippen LogP contribution < -0.4 is 10.2 Å². The van der Waals surface area contributed by atoms with E-state index in [1.54, 1.807) is 23.1 Å². The lowest BCUT2D eigenvalue weighted by atomic mass is 10.0. The largest absolute Gasteiger partial charge is 0.337 e. The third kappa shape index (κ3) is 3.18. The number of benzene rings is 1. The van der Waals surface area contributed by atoms with Crippen molar-refractivity contribution in [3.05, 3.63) is 28.2 Å². The maximum atomic E-state index is 12.7. The van der Waals surface area contributed by atoms with Gasteiger partial charge in [-0.05, 0) is 31.5 Å². The van der Waals surface area contributed by atoms with E-state index in [4.69, 9.17) is 23.2 Å². The highest BCUT2D eigenvalue weighted by Gasteiger charge is 2.41. The highest BCUT2D eigenvalue weighted by atomic mass is 35.5. The molecule has 2 amide bonds. The number of anilines is 1. The van der Waals surface area contributed by atoms with E-state index in [1.807, 2.05) is 11.8 Å². The number of piperazine rings is 1. The van der Waals surface area contributed by atoms with Crippen LogP contribution in [0.25, 0.3) is 0 Å². The fourth-order valence-corrected chi connectivity index (χ4v) is 3.48. The van der Waals surface area contributed by atoms with Gasteiger partial charge in [-0.1, -0.05) is 23.2 Å². The Balaban J connectivity index is 1.75. The molecule has 1 N–H and O–H groups in total. The van der Waals surface area contributed by atoms with Crippen molar-refractivity contribution in [3.8, 4) is 0 Å². The Bertz CT molecular complexity index is 638. The number of hydrogen-bond acceptors (Lipinski definition) is 3. The summed E-state index contributed by atoms with van der Waals surface area (Å²) in [6, 6.07) is 5.21. The van der Waals surface area contributed by atoms with E-state index >= 15 is 0 Å². The molecule has 0 aliphatic carbocycles. The van der Waals surface area contributed by atoms with Crippen LogP contribution in [0, 0.1) is 5.92 Å². The molecule has 2 unspecified atom stereocenters. The minimum atomic E-state index is -0.593. The highest BCUT2D eigenvalue weighted by Crippen LogP contribution is 2.31. The van der Waals surface area contributed by atoms with Gasteiger partial charge >= 0.3 is 0 Å². The second kappa shape index (κ2) is 6.67. The summed E-state index contributed by atoms with van der Waals surface area (Å²) >= 11 is 11.9. The maximum Gasteiger partial charge on any atom is 0.239 e. The molecule has 2 heterocycles. The Morgan fingerprint density at radius 1 is 1.26 bits per heavy atom. The zero-order chi connectivity index (χ0) is 16.6. The minimum absolute atomic E-state index is 0.0634. The van der Waals surface area contributed by atoms with Crippen molar-refractivity contribution in [2.45, 2.75) is 19.4 Å². The van der Waals surface area contributed by atoms with E-state index < -0.39 is 5.92 Å². The van der Waals surface area contributed by atoms with Gasteiger partial charge in [-0.3, -0.25) is 9.59 Å². The van der Waals surface area contributed by atoms with Crippen LogP contribution in [0.1, 0.15) is 13.3 Å². The van der Waals surface area contributed by atoms with Crippen LogP contribution in [0.4, 0.5) is 5.69 Å². The molecular formula is C16H19Cl2N3O2. The zero-order valence-electron chi connectivity index (χ0n) is 12.9. The molecule has 23 heavy (non-hydrogen) atoms. The summed E-state index contributed by atoms with van der Waals surface area (Å²) in [7, 11) is 0. The van der Waals surface area contributed by atoms with Gasteiger partial charge in [0.1, 0.15) is 5.92 Å². The van der Waals surface area contributed by atoms with Crippen molar-refractivity contribution in [1.29, 1.82) is 0 Å². The Morgan fingerprint density at radius 3 is 2.74 bits per heavy atom. The second-order valence-corrected chi connectivity index (χ2v) is 6.83. The van der Waals surface area contributed by atoms with Crippen molar-refractivity contribution >= 4 is 40.7 Å². The lowest BCUT2D eigenvalue weighted by Gasteiger charge is -2.35. The fourth-order valence-electron chi connectivity index (χ4n) is 3.19.